The lowest BCUT2D eigenvalue weighted by Gasteiger charge is -2.07. The van der Waals surface area contributed by atoms with Crippen LogP contribution in [0.3, 0.4) is 0 Å². The summed E-state index contributed by atoms with van der Waals surface area (Å²) in [5.74, 6) is -0.509. The molecule has 0 aliphatic carbocycles. The minimum absolute atomic E-state index is 0.0122. The van der Waals surface area contributed by atoms with E-state index in [1.54, 1.807) is 13.0 Å². The molecule has 0 saturated heterocycles. The second-order valence-electron chi connectivity index (χ2n) is 5.02. The van der Waals surface area contributed by atoms with Crippen molar-refractivity contribution in [1.82, 2.24) is 4.98 Å². The van der Waals surface area contributed by atoms with Gasteiger partial charge in [0.05, 0.1) is 20.4 Å². The van der Waals surface area contributed by atoms with Gasteiger partial charge >= 0.3 is 0 Å². The van der Waals surface area contributed by atoms with E-state index < -0.39 is 10.2 Å². The number of non-ortho nitro benzene ring substituents is 1. The highest BCUT2D eigenvalue weighted by Gasteiger charge is 2.19. The minimum atomic E-state index is -0.452. The molecule has 0 aliphatic heterocycles. The first-order valence-electron chi connectivity index (χ1n) is 6.95. The Morgan fingerprint density at radius 2 is 2.00 bits per heavy atom. The topological polar surface area (TPSA) is 73.1 Å². The lowest BCUT2D eigenvalue weighted by atomic mass is 10.1. The number of thiazole rings is 1. The van der Waals surface area contributed by atoms with Crippen molar-refractivity contribution in [2.75, 3.05) is 0 Å². The number of nitro benzene ring substituents is 1. The number of Topliss-reactive ketones (excluding diaryl/α,β-unsaturated/α-hetero) is 1. The first kappa shape index (κ1) is 16.5. The van der Waals surface area contributed by atoms with E-state index in [0.29, 0.717) is 20.1 Å². The molecule has 122 valence electrons. The van der Waals surface area contributed by atoms with Gasteiger partial charge in [0, 0.05) is 17.7 Å². The Balaban J connectivity index is 1.79. The molecule has 2 aromatic carbocycles. The Bertz CT molecular complexity index is 925. The highest BCUT2D eigenvalue weighted by molar-refractivity contribution is 8.02. The summed E-state index contributed by atoms with van der Waals surface area (Å²) in [6, 6.07) is 9.89. The van der Waals surface area contributed by atoms with Gasteiger partial charge in [0.15, 0.2) is 10.1 Å². The smallest absolute Gasteiger partial charge is 0.270 e. The van der Waals surface area contributed by atoms with E-state index in [1.807, 2.05) is 0 Å². The molecular formula is C16H11FN2O3S2. The molecule has 0 amide bonds. The molecule has 0 bridgehead atoms. The SMILES string of the molecule is C[C@H](Sc1nc2ccc([N+](=O)[O-])cc2s1)C(=O)c1ccc(F)cc1. The molecule has 8 heteroatoms. The maximum Gasteiger partial charge on any atom is 0.270 e. The van der Waals surface area contributed by atoms with Crippen molar-refractivity contribution in [3.05, 3.63) is 64.0 Å². The van der Waals surface area contributed by atoms with E-state index in [1.165, 1.54) is 59.5 Å². The minimum Gasteiger partial charge on any atom is -0.293 e. The van der Waals surface area contributed by atoms with Gasteiger partial charge in [-0.25, -0.2) is 9.37 Å². The third-order valence-corrected chi connectivity index (χ3v) is 5.55. The summed E-state index contributed by atoms with van der Waals surface area (Å²) < 4.78 is 14.3. The normalized spacial score (nSPS) is 12.2. The highest BCUT2D eigenvalue weighted by Crippen LogP contribution is 2.34. The maximum atomic E-state index is 12.9. The van der Waals surface area contributed by atoms with Gasteiger partial charge < -0.3 is 0 Å². The van der Waals surface area contributed by atoms with Gasteiger partial charge in [-0.3, -0.25) is 14.9 Å². The standard InChI is InChI=1S/C16H11FN2O3S2/c1-9(15(20)10-2-4-11(17)5-3-10)23-16-18-13-7-6-12(19(21)22)8-14(13)24-16/h2-9H,1H3/t9-/m0/s1. The van der Waals surface area contributed by atoms with Gasteiger partial charge in [-0.15, -0.1) is 11.3 Å². The lowest BCUT2D eigenvalue weighted by Crippen LogP contribution is -2.13. The number of benzene rings is 2. The number of ketones is 1. The van der Waals surface area contributed by atoms with Crippen LogP contribution in [0.5, 0.6) is 0 Å². The van der Waals surface area contributed by atoms with Crippen molar-refractivity contribution in [2.45, 2.75) is 16.5 Å². The van der Waals surface area contributed by atoms with E-state index in [9.17, 15) is 19.3 Å². The summed E-state index contributed by atoms with van der Waals surface area (Å²) in [6.07, 6.45) is 0. The molecule has 24 heavy (non-hydrogen) atoms. The second kappa shape index (κ2) is 6.66. The van der Waals surface area contributed by atoms with Crippen molar-refractivity contribution in [2.24, 2.45) is 0 Å². The van der Waals surface area contributed by atoms with Gasteiger partial charge in [-0.1, -0.05) is 11.8 Å². The third-order valence-electron chi connectivity index (χ3n) is 3.34. The number of thioether (sulfide) groups is 1. The zero-order valence-corrected chi connectivity index (χ0v) is 14.1. The number of hydrogen-bond donors (Lipinski definition) is 0. The summed E-state index contributed by atoms with van der Waals surface area (Å²) in [6.45, 7) is 1.75. The predicted molar refractivity (Wildman–Crippen MR) is 92.3 cm³/mol. The Morgan fingerprint density at radius 1 is 1.29 bits per heavy atom. The second-order valence-corrected chi connectivity index (χ2v) is 7.64. The van der Waals surface area contributed by atoms with Crippen molar-refractivity contribution >= 4 is 44.8 Å². The van der Waals surface area contributed by atoms with E-state index in [4.69, 9.17) is 0 Å². The van der Waals surface area contributed by atoms with Crippen molar-refractivity contribution in [3.63, 3.8) is 0 Å². The summed E-state index contributed by atoms with van der Waals surface area (Å²) >= 11 is 2.59. The third kappa shape index (κ3) is 3.44. The number of nitro groups is 1. The van der Waals surface area contributed by atoms with Gasteiger partial charge in [-0.05, 0) is 37.3 Å². The summed E-state index contributed by atoms with van der Waals surface area (Å²) in [7, 11) is 0. The molecule has 5 nitrogen and oxygen atoms in total. The fraction of sp³-hybridized carbons (Fsp3) is 0.125. The number of halogens is 1. The van der Waals surface area contributed by atoms with Crippen LogP contribution in [0.1, 0.15) is 17.3 Å². The number of carbonyl (C=O) groups is 1. The lowest BCUT2D eigenvalue weighted by molar-refractivity contribution is -0.384. The van der Waals surface area contributed by atoms with Gasteiger partial charge in [0.1, 0.15) is 5.82 Å². The molecule has 0 aliphatic rings. The fourth-order valence-electron chi connectivity index (χ4n) is 2.11. The first-order chi connectivity index (χ1) is 11.4. The largest absolute Gasteiger partial charge is 0.293 e. The molecular weight excluding hydrogens is 351 g/mol. The van der Waals surface area contributed by atoms with Crippen LogP contribution in [-0.4, -0.2) is 20.9 Å². The molecule has 0 radical (unpaired) electrons. The van der Waals surface area contributed by atoms with E-state index in [0.717, 1.165) is 0 Å². The van der Waals surface area contributed by atoms with Crippen LogP contribution < -0.4 is 0 Å². The van der Waals surface area contributed by atoms with Crippen molar-refractivity contribution in [3.8, 4) is 0 Å². The van der Waals surface area contributed by atoms with Gasteiger partial charge in [0.25, 0.3) is 5.69 Å². The van der Waals surface area contributed by atoms with Crippen LogP contribution in [0.2, 0.25) is 0 Å². The van der Waals surface area contributed by atoms with Crippen LogP contribution in [0.4, 0.5) is 10.1 Å². The van der Waals surface area contributed by atoms with Gasteiger partial charge in [-0.2, -0.15) is 0 Å². The zero-order valence-electron chi connectivity index (χ0n) is 12.4. The molecule has 0 saturated carbocycles. The highest BCUT2D eigenvalue weighted by atomic mass is 32.2. The molecule has 1 atom stereocenters. The van der Waals surface area contributed by atoms with E-state index >= 15 is 0 Å². The molecule has 0 spiro atoms. The molecule has 3 rings (SSSR count). The molecule has 1 aromatic heterocycles. The van der Waals surface area contributed by atoms with E-state index in [-0.39, 0.29) is 17.3 Å². The molecule has 0 fully saturated rings. The molecule has 1 heterocycles. The van der Waals surface area contributed by atoms with Gasteiger partial charge in [0.2, 0.25) is 0 Å². The number of carbonyl (C=O) groups excluding carboxylic acids is 1. The number of rotatable bonds is 5. The Labute approximate surface area is 144 Å². The molecule has 3 aromatic rings. The van der Waals surface area contributed by atoms with Crippen LogP contribution in [0.15, 0.2) is 46.8 Å². The number of aromatic nitrogens is 1. The fourth-order valence-corrected chi connectivity index (χ4v) is 4.43. The monoisotopic (exact) mass is 362 g/mol. The molecule has 0 N–H and O–H groups in total. The Kier molecular flexibility index (Phi) is 4.59. The van der Waals surface area contributed by atoms with Crippen molar-refractivity contribution in [1.29, 1.82) is 0 Å². The predicted octanol–water partition coefficient (Wildman–Crippen LogP) is 4.71. The van der Waals surface area contributed by atoms with Crippen LogP contribution in [-0.2, 0) is 0 Å². The van der Waals surface area contributed by atoms with Crippen molar-refractivity contribution < 1.29 is 14.1 Å². The Hall–Kier alpha value is -2.32. The summed E-state index contributed by atoms with van der Waals surface area (Å²) in [5.41, 5.74) is 1.11. The summed E-state index contributed by atoms with van der Waals surface area (Å²) in [4.78, 5) is 27.1. The zero-order chi connectivity index (χ0) is 17.3. The van der Waals surface area contributed by atoms with Crippen LogP contribution >= 0.6 is 23.1 Å². The quantitative estimate of drug-likeness (QED) is 0.284. The number of fused-ring (bicyclic) bond motifs is 1. The van der Waals surface area contributed by atoms with E-state index in [2.05, 4.69) is 4.98 Å². The average molecular weight is 362 g/mol. The van der Waals surface area contributed by atoms with Crippen LogP contribution in [0.25, 0.3) is 10.2 Å². The average Bonchev–Trinajstić information content (AvgIpc) is 2.96. The summed E-state index contributed by atoms with van der Waals surface area (Å²) in [5, 5.41) is 10.4. The van der Waals surface area contributed by atoms with Crippen LogP contribution in [0, 0.1) is 15.9 Å². The number of hydrogen-bond acceptors (Lipinski definition) is 6. The first-order valence-corrected chi connectivity index (χ1v) is 8.65. The molecule has 0 unspecified atom stereocenters. The Morgan fingerprint density at radius 3 is 2.67 bits per heavy atom. The number of nitrogens with zero attached hydrogens (tertiary/aromatic N) is 2. The maximum absolute atomic E-state index is 12.9.